The van der Waals surface area contributed by atoms with E-state index >= 15 is 0 Å². The molecule has 1 heterocycles. The zero-order chi connectivity index (χ0) is 18.1. The third-order valence-corrected chi connectivity index (χ3v) is 6.57. The second-order valence-corrected chi connectivity index (χ2v) is 8.63. The molecule has 1 aromatic rings. The van der Waals surface area contributed by atoms with Crippen molar-refractivity contribution in [2.45, 2.75) is 30.7 Å². The first kappa shape index (κ1) is 19.0. The number of halogens is 2. The first-order valence-electron chi connectivity index (χ1n) is 7.34. The van der Waals surface area contributed by atoms with Crippen molar-refractivity contribution in [2.75, 3.05) is 12.3 Å². The highest BCUT2D eigenvalue weighted by molar-refractivity contribution is 7.91. The summed E-state index contributed by atoms with van der Waals surface area (Å²) in [6, 6.07) is 3.14. The molecule has 1 fully saturated rings. The van der Waals surface area contributed by atoms with E-state index in [2.05, 4.69) is 0 Å². The molecule has 0 bridgehead atoms. The number of hydrogen-bond acceptors (Lipinski definition) is 4. The molecule has 1 aliphatic heterocycles. The third-order valence-electron chi connectivity index (χ3n) is 3.94. The van der Waals surface area contributed by atoms with Gasteiger partial charge in [-0.2, -0.15) is 0 Å². The summed E-state index contributed by atoms with van der Waals surface area (Å²) in [5.74, 6) is -2.87. The van der Waals surface area contributed by atoms with Crippen LogP contribution in [0.2, 0.25) is 10.0 Å². The fraction of sp³-hybridized carbons (Fsp3) is 0.467. The number of benzene rings is 1. The van der Waals surface area contributed by atoms with E-state index in [1.165, 1.54) is 30.0 Å². The summed E-state index contributed by atoms with van der Waals surface area (Å²) in [5, 5.41) is 9.45. The minimum Gasteiger partial charge on any atom is -0.480 e. The molecule has 1 aliphatic rings. The number of rotatable bonds is 5. The number of carbonyl (C=O) groups is 2. The van der Waals surface area contributed by atoms with Gasteiger partial charge in [0.05, 0.1) is 15.7 Å². The normalized spacial score (nSPS) is 19.3. The molecule has 1 amide bonds. The molecule has 1 unspecified atom stereocenters. The lowest BCUT2D eigenvalue weighted by molar-refractivity contribution is -0.149. The van der Waals surface area contributed by atoms with Gasteiger partial charge >= 0.3 is 5.97 Å². The Morgan fingerprint density at radius 3 is 2.62 bits per heavy atom. The lowest BCUT2D eigenvalue weighted by Gasteiger charge is -2.24. The van der Waals surface area contributed by atoms with E-state index in [1.807, 2.05) is 0 Å². The van der Waals surface area contributed by atoms with Gasteiger partial charge in [-0.25, -0.2) is 13.2 Å². The van der Waals surface area contributed by atoms with Crippen molar-refractivity contribution in [1.29, 1.82) is 0 Å². The van der Waals surface area contributed by atoms with Crippen LogP contribution in [0, 0.1) is 5.92 Å². The SMILES string of the molecule is C[C@H](CS(=O)(=O)c1ccc(Cl)cc1Cl)C(=O)N1CCCC1C(=O)O. The van der Waals surface area contributed by atoms with E-state index in [9.17, 15) is 18.0 Å². The van der Waals surface area contributed by atoms with Crippen LogP contribution in [-0.2, 0) is 19.4 Å². The first-order chi connectivity index (χ1) is 11.1. The molecule has 1 aromatic carbocycles. The van der Waals surface area contributed by atoms with Gasteiger partial charge < -0.3 is 10.0 Å². The second-order valence-electron chi connectivity index (χ2n) is 5.79. The lowest BCUT2D eigenvalue weighted by Crippen LogP contribution is -2.44. The summed E-state index contributed by atoms with van der Waals surface area (Å²) >= 11 is 11.7. The molecular weight excluding hydrogens is 377 g/mol. The zero-order valence-corrected chi connectivity index (χ0v) is 15.2. The number of carboxylic acid groups (broad SMARTS) is 1. The molecule has 0 radical (unpaired) electrons. The average molecular weight is 394 g/mol. The summed E-state index contributed by atoms with van der Waals surface area (Å²) < 4.78 is 25.0. The number of nitrogens with zero attached hydrogens (tertiary/aromatic N) is 1. The molecule has 0 aromatic heterocycles. The highest BCUT2D eigenvalue weighted by atomic mass is 35.5. The largest absolute Gasteiger partial charge is 0.480 e. The van der Waals surface area contributed by atoms with Crippen molar-refractivity contribution in [2.24, 2.45) is 5.92 Å². The van der Waals surface area contributed by atoms with E-state index in [0.29, 0.717) is 24.4 Å². The van der Waals surface area contributed by atoms with Crippen molar-refractivity contribution < 1.29 is 23.1 Å². The predicted octanol–water partition coefficient (Wildman–Crippen LogP) is 2.48. The van der Waals surface area contributed by atoms with Crippen LogP contribution in [0.25, 0.3) is 0 Å². The summed E-state index contributed by atoms with van der Waals surface area (Å²) in [6.45, 7) is 1.79. The summed E-state index contributed by atoms with van der Waals surface area (Å²) in [4.78, 5) is 24.8. The van der Waals surface area contributed by atoms with Crippen molar-refractivity contribution in [1.82, 2.24) is 4.90 Å². The van der Waals surface area contributed by atoms with Gasteiger partial charge in [0.25, 0.3) is 0 Å². The van der Waals surface area contributed by atoms with E-state index in [4.69, 9.17) is 28.3 Å². The fourth-order valence-corrected chi connectivity index (χ4v) is 5.16. The van der Waals surface area contributed by atoms with Crippen molar-refractivity contribution in [3.05, 3.63) is 28.2 Å². The van der Waals surface area contributed by atoms with Gasteiger partial charge in [-0.15, -0.1) is 0 Å². The topological polar surface area (TPSA) is 91.8 Å². The Labute approximate surface area is 150 Å². The minimum absolute atomic E-state index is 0.00765. The molecule has 0 saturated carbocycles. The number of carbonyl (C=O) groups excluding carboxylic acids is 1. The number of hydrogen-bond donors (Lipinski definition) is 1. The number of sulfone groups is 1. The molecular formula is C15H17Cl2NO5S. The molecule has 24 heavy (non-hydrogen) atoms. The Kier molecular flexibility index (Phi) is 5.78. The Bertz CT molecular complexity index is 765. The molecule has 1 N–H and O–H groups in total. The van der Waals surface area contributed by atoms with Crippen LogP contribution in [0.3, 0.4) is 0 Å². The van der Waals surface area contributed by atoms with Crippen LogP contribution in [0.4, 0.5) is 0 Å². The Hall–Kier alpha value is -1.31. The quantitative estimate of drug-likeness (QED) is 0.829. The first-order valence-corrected chi connectivity index (χ1v) is 9.75. The monoisotopic (exact) mass is 393 g/mol. The second kappa shape index (κ2) is 7.29. The number of carboxylic acids is 1. The van der Waals surface area contributed by atoms with E-state index in [0.717, 1.165) is 0 Å². The number of aliphatic carboxylic acids is 1. The van der Waals surface area contributed by atoms with E-state index in [1.54, 1.807) is 0 Å². The highest BCUT2D eigenvalue weighted by Gasteiger charge is 2.37. The van der Waals surface area contributed by atoms with E-state index in [-0.39, 0.29) is 9.92 Å². The predicted molar refractivity (Wildman–Crippen MR) is 90.0 cm³/mol. The Morgan fingerprint density at radius 1 is 1.38 bits per heavy atom. The Balaban J connectivity index is 2.17. The van der Waals surface area contributed by atoms with Crippen LogP contribution in [-0.4, -0.2) is 48.6 Å². The van der Waals surface area contributed by atoms with Gasteiger partial charge in [-0.05, 0) is 31.0 Å². The van der Waals surface area contributed by atoms with Crippen molar-refractivity contribution in [3.63, 3.8) is 0 Å². The minimum atomic E-state index is -3.80. The van der Waals surface area contributed by atoms with Gasteiger partial charge in [0.2, 0.25) is 5.91 Å². The van der Waals surface area contributed by atoms with Gasteiger partial charge in [0.15, 0.2) is 9.84 Å². The van der Waals surface area contributed by atoms with Crippen LogP contribution in [0.1, 0.15) is 19.8 Å². The zero-order valence-electron chi connectivity index (χ0n) is 12.9. The van der Waals surface area contributed by atoms with Crippen molar-refractivity contribution >= 4 is 44.9 Å². The maximum atomic E-state index is 12.5. The lowest BCUT2D eigenvalue weighted by atomic mass is 10.1. The molecule has 6 nitrogen and oxygen atoms in total. The van der Waals surface area contributed by atoms with Gasteiger partial charge in [0.1, 0.15) is 6.04 Å². The maximum Gasteiger partial charge on any atom is 0.326 e. The maximum absolute atomic E-state index is 12.5. The van der Waals surface area contributed by atoms with Gasteiger partial charge in [0, 0.05) is 17.5 Å². The summed E-state index contributed by atoms with van der Waals surface area (Å²) in [6.07, 6.45) is 0.967. The van der Waals surface area contributed by atoms with Crippen LogP contribution < -0.4 is 0 Å². The summed E-state index contributed by atoms with van der Waals surface area (Å²) in [7, 11) is -3.80. The fourth-order valence-electron chi connectivity index (χ4n) is 2.79. The number of amides is 1. The number of likely N-dealkylation sites (tertiary alicyclic amines) is 1. The molecule has 132 valence electrons. The molecule has 0 aliphatic carbocycles. The molecule has 0 spiro atoms. The van der Waals surface area contributed by atoms with Crippen LogP contribution in [0.5, 0.6) is 0 Å². The Morgan fingerprint density at radius 2 is 2.04 bits per heavy atom. The summed E-state index contributed by atoms with van der Waals surface area (Å²) in [5.41, 5.74) is 0. The van der Waals surface area contributed by atoms with Crippen LogP contribution in [0.15, 0.2) is 23.1 Å². The van der Waals surface area contributed by atoms with Gasteiger partial charge in [-0.3, -0.25) is 4.79 Å². The molecule has 9 heteroatoms. The molecule has 1 saturated heterocycles. The third kappa shape index (κ3) is 4.02. The molecule has 2 rings (SSSR count). The standard InChI is InChI=1S/C15H17Cl2NO5S/c1-9(14(19)18-6-2-3-12(18)15(20)21)8-24(22,23)13-5-4-10(16)7-11(13)17/h4-5,7,9,12H,2-3,6,8H2,1H3,(H,20,21)/t9-,12?/m1/s1. The van der Waals surface area contributed by atoms with Crippen molar-refractivity contribution in [3.8, 4) is 0 Å². The van der Waals surface area contributed by atoms with E-state index < -0.39 is 39.4 Å². The van der Waals surface area contributed by atoms with Crippen LogP contribution >= 0.6 is 23.2 Å². The highest BCUT2D eigenvalue weighted by Crippen LogP contribution is 2.28. The average Bonchev–Trinajstić information content (AvgIpc) is 2.94. The van der Waals surface area contributed by atoms with Gasteiger partial charge in [-0.1, -0.05) is 30.1 Å². The molecule has 2 atom stereocenters. The smallest absolute Gasteiger partial charge is 0.326 e.